The van der Waals surface area contributed by atoms with Gasteiger partial charge in [-0.3, -0.25) is 10.2 Å². The van der Waals surface area contributed by atoms with Gasteiger partial charge in [-0.25, -0.2) is 8.42 Å². The van der Waals surface area contributed by atoms with Crippen LogP contribution in [0.15, 0.2) is 21.7 Å². The Labute approximate surface area is 128 Å². The van der Waals surface area contributed by atoms with E-state index in [4.69, 9.17) is 34.8 Å². The molecule has 1 N–H and O–H groups in total. The first kappa shape index (κ1) is 16.4. The number of carbonyl (C=O) groups excluding carboxylic acids is 1. The highest BCUT2D eigenvalue weighted by Crippen LogP contribution is 2.42. The number of carbonyl (C=O) groups is 1. The molecule has 0 atom stereocenters. The van der Waals surface area contributed by atoms with Crippen LogP contribution in [-0.2, 0) is 14.8 Å². The van der Waals surface area contributed by atoms with Crippen molar-refractivity contribution < 1.29 is 13.2 Å². The van der Waals surface area contributed by atoms with Crippen molar-refractivity contribution in [1.29, 1.82) is 0 Å². The summed E-state index contributed by atoms with van der Waals surface area (Å²) in [6, 6.07) is 2.94. The van der Waals surface area contributed by atoms with Gasteiger partial charge >= 0.3 is 0 Å². The molecule has 11 heteroatoms. The minimum absolute atomic E-state index is 0.0259. The molecule has 0 unspecified atom stereocenters. The quantitative estimate of drug-likeness (QED) is 0.503. The molecule has 18 heavy (non-hydrogen) atoms. The number of rotatable bonds is 4. The molecule has 0 spiro atoms. The first-order valence-electron chi connectivity index (χ1n) is 4.25. The maximum absolute atomic E-state index is 12.1. The zero-order chi connectivity index (χ0) is 14.0. The van der Waals surface area contributed by atoms with Gasteiger partial charge in [-0.1, -0.05) is 40.9 Å². The number of hydrazine groups is 1. The standard InChI is InChI=1S/C7H7Cl3N2O3S3/c1-5(13)11-12(17-7(8,9)10)18(14,15)6-3-2-4-16-6/h2-4H,1H3,(H,11,13). The van der Waals surface area contributed by atoms with Crippen LogP contribution in [0.5, 0.6) is 0 Å². The average molecular weight is 370 g/mol. The third kappa shape index (κ3) is 4.76. The smallest absolute Gasteiger partial charge is 0.274 e. The Morgan fingerprint density at radius 1 is 1.50 bits per heavy atom. The number of alkyl halides is 3. The van der Waals surface area contributed by atoms with Crippen molar-refractivity contribution in [1.82, 2.24) is 9.25 Å². The van der Waals surface area contributed by atoms with E-state index >= 15 is 0 Å². The highest BCUT2D eigenvalue weighted by Gasteiger charge is 2.35. The van der Waals surface area contributed by atoms with Crippen LogP contribution in [0.1, 0.15) is 6.92 Å². The van der Waals surface area contributed by atoms with Crippen LogP contribution in [0.25, 0.3) is 0 Å². The number of halogens is 3. The fourth-order valence-electron chi connectivity index (χ4n) is 0.847. The van der Waals surface area contributed by atoms with Gasteiger partial charge in [-0.15, -0.1) is 11.3 Å². The molecule has 0 bridgehead atoms. The monoisotopic (exact) mass is 368 g/mol. The molecule has 1 aromatic rings. The topological polar surface area (TPSA) is 66.5 Å². The molecule has 0 aliphatic rings. The van der Waals surface area contributed by atoms with Gasteiger partial charge in [0.1, 0.15) is 4.21 Å². The van der Waals surface area contributed by atoms with Gasteiger partial charge in [0.05, 0.1) is 0 Å². The molecule has 5 nitrogen and oxygen atoms in total. The van der Waals surface area contributed by atoms with Gasteiger partial charge in [0.15, 0.2) is 0 Å². The van der Waals surface area contributed by atoms with E-state index in [1.165, 1.54) is 6.07 Å². The van der Waals surface area contributed by atoms with Crippen molar-refractivity contribution >= 4 is 74.0 Å². The maximum Gasteiger partial charge on any atom is 0.279 e. The summed E-state index contributed by atoms with van der Waals surface area (Å²) in [4.78, 5) is 11.0. The molecular weight excluding hydrogens is 363 g/mol. The van der Waals surface area contributed by atoms with Crippen molar-refractivity contribution in [3.05, 3.63) is 17.5 Å². The molecule has 1 aromatic heterocycles. The molecule has 0 aliphatic carbocycles. The molecule has 0 aliphatic heterocycles. The van der Waals surface area contributed by atoms with Gasteiger partial charge in [-0.2, -0.15) is 0 Å². The molecule has 0 saturated heterocycles. The van der Waals surface area contributed by atoms with E-state index in [0.29, 0.717) is 15.8 Å². The summed E-state index contributed by atoms with van der Waals surface area (Å²) in [5.41, 5.74) is 2.09. The van der Waals surface area contributed by atoms with Gasteiger partial charge < -0.3 is 0 Å². The Hall–Kier alpha value is 0.300. The zero-order valence-electron chi connectivity index (χ0n) is 8.76. The summed E-state index contributed by atoms with van der Waals surface area (Å²) in [5, 5.41) is 1.58. The minimum Gasteiger partial charge on any atom is -0.274 e. The lowest BCUT2D eigenvalue weighted by Crippen LogP contribution is -2.41. The Morgan fingerprint density at radius 2 is 2.11 bits per heavy atom. The number of thiophene rings is 1. The van der Waals surface area contributed by atoms with Crippen molar-refractivity contribution in [3.63, 3.8) is 0 Å². The van der Waals surface area contributed by atoms with Crippen molar-refractivity contribution in [3.8, 4) is 0 Å². The normalized spacial score (nSPS) is 12.7. The van der Waals surface area contributed by atoms with E-state index in [-0.39, 0.29) is 4.21 Å². The maximum atomic E-state index is 12.1. The van der Waals surface area contributed by atoms with Crippen molar-refractivity contribution in [2.75, 3.05) is 0 Å². The number of sulfonamides is 1. The summed E-state index contributed by atoms with van der Waals surface area (Å²) >= 11 is 17.9. The average Bonchev–Trinajstić information content (AvgIpc) is 2.66. The van der Waals surface area contributed by atoms with E-state index in [9.17, 15) is 13.2 Å². The second kappa shape index (κ2) is 6.17. The van der Waals surface area contributed by atoms with Crippen molar-refractivity contribution in [2.24, 2.45) is 0 Å². The van der Waals surface area contributed by atoms with Crippen molar-refractivity contribution in [2.45, 2.75) is 14.3 Å². The molecule has 0 saturated carbocycles. The molecule has 0 radical (unpaired) electrons. The Bertz CT molecular complexity index is 512. The fraction of sp³-hybridized carbons (Fsp3) is 0.286. The van der Waals surface area contributed by atoms with E-state index < -0.39 is 19.1 Å². The lowest BCUT2D eigenvalue weighted by molar-refractivity contribution is -0.120. The van der Waals surface area contributed by atoms with Gasteiger partial charge in [0.25, 0.3) is 13.1 Å². The second-order valence-electron chi connectivity index (χ2n) is 2.87. The summed E-state index contributed by atoms with van der Waals surface area (Å²) in [6.45, 7) is 1.15. The van der Waals surface area contributed by atoms with Crippen LogP contribution in [0.2, 0.25) is 0 Å². The number of hydrogen-bond acceptors (Lipinski definition) is 5. The van der Waals surface area contributed by atoms with Crippen LogP contribution in [0, 0.1) is 0 Å². The van der Waals surface area contributed by atoms with Crippen LogP contribution >= 0.6 is 58.1 Å². The largest absolute Gasteiger partial charge is 0.279 e. The molecule has 0 fully saturated rings. The predicted molar refractivity (Wildman–Crippen MR) is 75.0 cm³/mol. The minimum atomic E-state index is -3.96. The van der Waals surface area contributed by atoms with Gasteiger partial charge in [0.2, 0.25) is 5.91 Å². The Balaban J connectivity index is 3.07. The molecule has 1 heterocycles. The molecule has 1 amide bonds. The summed E-state index contributed by atoms with van der Waals surface area (Å²) in [5.74, 6) is -0.600. The van der Waals surface area contributed by atoms with Gasteiger partial charge in [0, 0.05) is 18.9 Å². The lowest BCUT2D eigenvalue weighted by atomic mass is 10.7. The predicted octanol–water partition coefficient (Wildman–Crippen LogP) is 2.77. The molecular formula is C7H7Cl3N2O3S3. The summed E-state index contributed by atoms with van der Waals surface area (Å²) in [7, 11) is -3.96. The number of nitrogens with one attached hydrogen (secondary N) is 1. The second-order valence-corrected chi connectivity index (χ2v) is 10.2. The number of hydrogen-bond donors (Lipinski definition) is 1. The third-order valence-electron chi connectivity index (χ3n) is 1.40. The Kier molecular flexibility index (Phi) is 5.60. The van der Waals surface area contributed by atoms with E-state index in [1.54, 1.807) is 11.4 Å². The van der Waals surface area contributed by atoms with Crippen LogP contribution in [0.3, 0.4) is 0 Å². The third-order valence-corrected chi connectivity index (χ3v) is 6.05. The van der Waals surface area contributed by atoms with Crippen LogP contribution in [-0.4, -0.2) is 21.3 Å². The van der Waals surface area contributed by atoms with E-state index in [0.717, 1.165) is 18.3 Å². The molecule has 102 valence electrons. The highest BCUT2D eigenvalue weighted by molar-refractivity contribution is 8.12. The molecule has 0 aromatic carbocycles. The number of nitrogens with zero attached hydrogens (tertiary/aromatic N) is 1. The van der Waals surface area contributed by atoms with Gasteiger partial charge in [-0.05, 0) is 15.3 Å². The first-order chi connectivity index (χ1) is 8.13. The van der Waals surface area contributed by atoms with Crippen LogP contribution in [0.4, 0.5) is 0 Å². The Morgan fingerprint density at radius 3 is 2.50 bits per heavy atom. The SMILES string of the molecule is CC(=O)NN(SC(Cl)(Cl)Cl)S(=O)(=O)c1cccs1. The zero-order valence-corrected chi connectivity index (χ0v) is 13.5. The number of amides is 1. The lowest BCUT2D eigenvalue weighted by Gasteiger charge is -2.23. The van der Waals surface area contributed by atoms with Crippen LogP contribution < -0.4 is 5.43 Å². The first-order valence-corrected chi connectivity index (χ1v) is 8.47. The van der Waals surface area contributed by atoms with E-state index in [2.05, 4.69) is 5.43 Å². The highest BCUT2D eigenvalue weighted by atomic mass is 35.6. The summed E-state index contributed by atoms with van der Waals surface area (Å²) in [6.07, 6.45) is 0. The molecule has 1 rings (SSSR count). The fourth-order valence-corrected chi connectivity index (χ4v) is 5.30. The van der Waals surface area contributed by atoms with E-state index in [1.807, 2.05) is 0 Å². The summed E-state index contributed by atoms with van der Waals surface area (Å²) < 4.78 is 22.9.